The van der Waals surface area contributed by atoms with Crippen molar-refractivity contribution in [2.24, 2.45) is 4.99 Å². The quantitative estimate of drug-likeness (QED) is 0.809. The monoisotopic (exact) mass is 367 g/mol. The number of methoxy groups -OCH3 is 1. The van der Waals surface area contributed by atoms with Gasteiger partial charge in [0.1, 0.15) is 5.75 Å². The van der Waals surface area contributed by atoms with Gasteiger partial charge < -0.3 is 14.6 Å². The van der Waals surface area contributed by atoms with Crippen molar-refractivity contribution in [2.45, 2.75) is 31.7 Å². The smallest absolute Gasteiger partial charge is 0.264 e. The number of amidine groups is 1. The molecule has 2 aromatic rings. The zero-order valence-corrected chi connectivity index (χ0v) is 15.5. The van der Waals surface area contributed by atoms with E-state index >= 15 is 0 Å². The van der Waals surface area contributed by atoms with Crippen LogP contribution in [0.15, 0.2) is 52.6 Å². The van der Waals surface area contributed by atoms with E-state index in [-0.39, 0.29) is 5.91 Å². The van der Waals surface area contributed by atoms with Crippen LogP contribution in [0.2, 0.25) is 0 Å². The van der Waals surface area contributed by atoms with Crippen LogP contribution >= 0.6 is 11.8 Å². The Balaban J connectivity index is 1.48. The molecule has 0 radical (unpaired) electrons. The molecule has 4 rings (SSSR count). The number of carbonyl (C=O) groups is 1. The van der Waals surface area contributed by atoms with E-state index in [1.54, 1.807) is 7.11 Å². The number of ether oxygens (including phenoxy) is 1. The molecule has 0 unspecified atom stereocenters. The lowest BCUT2D eigenvalue weighted by molar-refractivity contribution is -0.115. The molecule has 1 saturated carbocycles. The summed E-state index contributed by atoms with van der Waals surface area (Å²) in [6, 6.07) is 10.1. The number of aliphatic imine (C=N–C) groups is 1. The number of hydrogen-bond donors (Lipinski definition) is 1. The minimum Gasteiger partial charge on any atom is -0.497 e. The highest BCUT2D eigenvalue weighted by Gasteiger charge is 2.24. The third kappa shape index (κ3) is 3.70. The summed E-state index contributed by atoms with van der Waals surface area (Å²) in [5.41, 5.74) is 1.84. The van der Waals surface area contributed by atoms with Crippen molar-refractivity contribution < 1.29 is 9.53 Å². The molecule has 2 fully saturated rings. The van der Waals surface area contributed by atoms with Crippen LogP contribution < -0.4 is 10.1 Å². The fourth-order valence-corrected chi connectivity index (χ4v) is 4.19. The molecular formula is C20H21N3O2S. The van der Waals surface area contributed by atoms with E-state index in [9.17, 15) is 4.79 Å². The maximum absolute atomic E-state index is 12.2. The topological polar surface area (TPSA) is 55.6 Å². The maximum Gasteiger partial charge on any atom is 0.264 e. The summed E-state index contributed by atoms with van der Waals surface area (Å²) in [6.07, 6.45) is 11.3. The Morgan fingerprint density at radius 3 is 2.73 bits per heavy atom. The lowest BCUT2D eigenvalue weighted by Gasteiger charge is -2.10. The predicted octanol–water partition coefficient (Wildman–Crippen LogP) is 4.50. The summed E-state index contributed by atoms with van der Waals surface area (Å²) in [7, 11) is 1.63. The number of amides is 1. The van der Waals surface area contributed by atoms with Crippen molar-refractivity contribution in [1.82, 2.24) is 9.88 Å². The SMILES string of the molecule is COc1ccc(N=C2NC(=O)/C(=C\c3ccn(C4CCCC4)c3)S2)cc1. The third-order valence-corrected chi connectivity index (χ3v) is 5.65. The molecule has 1 aliphatic heterocycles. The number of thioether (sulfide) groups is 1. The molecular weight excluding hydrogens is 346 g/mol. The van der Waals surface area contributed by atoms with Crippen molar-refractivity contribution in [3.8, 4) is 5.75 Å². The summed E-state index contributed by atoms with van der Waals surface area (Å²) in [5, 5.41) is 3.43. The maximum atomic E-state index is 12.2. The molecule has 1 saturated heterocycles. The Morgan fingerprint density at radius 1 is 1.23 bits per heavy atom. The molecule has 1 amide bonds. The lowest BCUT2D eigenvalue weighted by atomic mass is 10.2. The second-order valence-corrected chi connectivity index (χ2v) is 7.54. The van der Waals surface area contributed by atoms with E-state index in [4.69, 9.17) is 4.74 Å². The molecule has 6 heteroatoms. The number of benzene rings is 1. The number of nitrogens with one attached hydrogen (secondary N) is 1. The van der Waals surface area contributed by atoms with Crippen molar-refractivity contribution in [3.63, 3.8) is 0 Å². The van der Waals surface area contributed by atoms with E-state index in [0.29, 0.717) is 16.1 Å². The molecule has 26 heavy (non-hydrogen) atoms. The van der Waals surface area contributed by atoms with Gasteiger partial charge in [0, 0.05) is 18.4 Å². The minimum atomic E-state index is -0.101. The molecule has 2 aliphatic rings. The number of nitrogens with zero attached hydrogens (tertiary/aromatic N) is 2. The average molecular weight is 367 g/mol. The van der Waals surface area contributed by atoms with Gasteiger partial charge in [0.25, 0.3) is 5.91 Å². The Hall–Kier alpha value is -2.47. The van der Waals surface area contributed by atoms with Gasteiger partial charge in [-0.25, -0.2) is 4.99 Å². The zero-order chi connectivity index (χ0) is 17.9. The van der Waals surface area contributed by atoms with Crippen molar-refractivity contribution in [1.29, 1.82) is 0 Å². The first-order valence-corrected chi connectivity index (χ1v) is 9.64. The standard InChI is InChI=1S/C20H21N3O2S/c1-25-17-8-6-15(7-9-17)21-20-22-19(24)18(26-20)12-14-10-11-23(13-14)16-4-2-3-5-16/h6-13,16H,2-5H2,1H3,(H,21,22,24)/b18-12+. The van der Waals surface area contributed by atoms with Crippen LogP contribution in [0, 0.1) is 0 Å². The molecule has 1 N–H and O–H groups in total. The zero-order valence-electron chi connectivity index (χ0n) is 14.6. The molecule has 1 aromatic heterocycles. The van der Waals surface area contributed by atoms with Crippen LogP contribution in [0.3, 0.4) is 0 Å². The van der Waals surface area contributed by atoms with Crippen LogP contribution in [0.25, 0.3) is 6.08 Å². The summed E-state index contributed by atoms with van der Waals surface area (Å²) in [5.74, 6) is 0.681. The van der Waals surface area contributed by atoms with Gasteiger partial charge in [-0.1, -0.05) is 12.8 Å². The van der Waals surface area contributed by atoms with E-state index in [2.05, 4.69) is 33.3 Å². The van der Waals surface area contributed by atoms with Crippen LogP contribution in [0.1, 0.15) is 37.3 Å². The first-order chi connectivity index (χ1) is 12.7. The second-order valence-electron chi connectivity index (χ2n) is 6.51. The van der Waals surface area contributed by atoms with Gasteiger partial charge in [0.2, 0.25) is 0 Å². The number of rotatable bonds is 4. The molecule has 1 aromatic carbocycles. The lowest BCUT2D eigenvalue weighted by Crippen LogP contribution is -2.19. The fourth-order valence-electron chi connectivity index (χ4n) is 3.35. The molecule has 134 valence electrons. The molecule has 0 bridgehead atoms. The molecule has 0 atom stereocenters. The highest BCUT2D eigenvalue weighted by molar-refractivity contribution is 8.18. The van der Waals surface area contributed by atoms with Gasteiger partial charge in [-0.3, -0.25) is 4.79 Å². The average Bonchev–Trinajstić information content (AvgIpc) is 3.38. The molecule has 5 nitrogen and oxygen atoms in total. The van der Waals surface area contributed by atoms with Gasteiger partial charge in [-0.05, 0) is 66.6 Å². The fraction of sp³-hybridized carbons (Fsp3) is 0.300. The van der Waals surface area contributed by atoms with Gasteiger partial charge >= 0.3 is 0 Å². The summed E-state index contributed by atoms with van der Waals surface area (Å²) in [4.78, 5) is 17.4. The predicted molar refractivity (Wildman–Crippen MR) is 106 cm³/mol. The first kappa shape index (κ1) is 17.0. The van der Waals surface area contributed by atoms with E-state index < -0.39 is 0 Å². The number of aromatic nitrogens is 1. The first-order valence-electron chi connectivity index (χ1n) is 8.82. The normalized spacial score (nSPS) is 20.9. The summed E-state index contributed by atoms with van der Waals surface area (Å²) in [6.45, 7) is 0. The largest absolute Gasteiger partial charge is 0.497 e. The van der Waals surface area contributed by atoms with Crippen LogP contribution in [-0.4, -0.2) is 22.8 Å². The Labute approximate surface area is 157 Å². The second kappa shape index (κ2) is 7.41. The number of hydrogen-bond acceptors (Lipinski definition) is 4. The van der Waals surface area contributed by atoms with E-state index in [0.717, 1.165) is 17.0 Å². The minimum absolute atomic E-state index is 0.101. The number of carbonyl (C=O) groups excluding carboxylic acids is 1. The van der Waals surface area contributed by atoms with E-state index in [1.807, 2.05) is 30.3 Å². The van der Waals surface area contributed by atoms with Crippen LogP contribution in [0.4, 0.5) is 5.69 Å². The van der Waals surface area contributed by atoms with Gasteiger partial charge in [-0.2, -0.15) is 0 Å². The Kier molecular flexibility index (Phi) is 4.84. The highest BCUT2D eigenvalue weighted by Crippen LogP contribution is 2.32. The molecule has 2 heterocycles. The van der Waals surface area contributed by atoms with Gasteiger partial charge in [0.15, 0.2) is 5.17 Å². The summed E-state index contributed by atoms with van der Waals surface area (Å²) >= 11 is 1.37. The van der Waals surface area contributed by atoms with Crippen molar-refractivity contribution in [2.75, 3.05) is 7.11 Å². The highest BCUT2D eigenvalue weighted by atomic mass is 32.2. The van der Waals surface area contributed by atoms with Crippen LogP contribution in [-0.2, 0) is 4.79 Å². The third-order valence-electron chi connectivity index (χ3n) is 4.74. The Morgan fingerprint density at radius 2 is 2.00 bits per heavy atom. The van der Waals surface area contributed by atoms with Crippen molar-refractivity contribution >= 4 is 34.6 Å². The van der Waals surface area contributed by atoms with E-state index in [1.165, 1.54) is 37.4 Å². The molecule has 1 aliphatic carbocycles. The van der Waals surface area contributed by atoms with Gasteiger partial charge in [-0.15, -0.1) is 0 Å². The van der Waals surface area contributed by atoms with Crippen LogP contribution in [0.5, 0.6) is 5.75 Å². The Bertz CT molecular complexity index is 861. The van der Waals surface area contributed by atoms with Crippen molar-refractivity contribution in [3.05, 3.63) is 53.2 Å². The molecule has 0 spiro atoms. The summed E-state index contributed by atoms with van der Waals surface area (Å²) < 4.78 is 7.42. The van der Waals surface area contributed by atoms with Gasteiger partial charge in [0.05, 0.1) is 17.7 Å².